The molecule has 2 aromatic rings. The SMILES string of the molecule is Cc1ccc(-n2cc(C(=O)N3CCC(N)C(C)(C)C3)c(C(C)(C)C)n2)cc1.Cl. The first-order valence-electron chi connectivity index (χ1n) is 9.71. The zero-order valence-corrected chi connectivity index (χ0v) is 18.6. The van der Waals surface area contributed by atoms with E-state index < -0.39 is 0 Å². The molecule has 1 saturated heterocycles. The van der Waals surface area contributed by atoms with Gasteiger partial charge in [-0.2, -0.15) is 5.10 Å². The molecule has 0 aliphatic carbocycles. The Kier molecular flexibility index (Phi) is 6.31. The lowest BCUT2D eigenvalue weighted by Crippen LogP contribution is -2.54. The van der Waals surface area contributed by atoms with Crippen LogP contribution in [0.25, 0.3) is 5.69 Å². The van der Waals surface area contributed by atoms with Crippen molar-refractivity contribution in [3.63, 3.8) is 0 Å². The molecular weight excluding hydrogens is 372 g/mol. The standard InChI is InChI=1S/C22H32N4O.ClH/c1-15-7-9-16(10-8-15)26-13-17(19(24-26)21(2,3)4)20(27)25-12-11-18(23)22(5,6)14-25;/h7-10,13,18H,11-12,14,23H2,1-6H3;1H. The average molecular weight is 405 g/mol. The summed E-state index contributed by atoms with van der Waals surface area (Å²) in [5.41, 5.74) is 9.64. The summed E-state index contributed by atoms with van der Waals surface area (Å²) in [4.78, 5) is 15.3. The molecule has 1 unspecified atom stereocenters. The number of aromatic nitrogens is 2. The second-order valence-corrected chi connectivity index (χ2v) is 9.53. The molecule has 1 aromatic carbocycles. The molecule has 28 heavy (non-hydrogen) atoms. The summed E-state index contributed by atoms with van der Waals surface area (Å²) >= 11 is 0. The molecule has 1 aliphatic heterocycles. The number of nitrogens with zero attached hydrogens (tertiary/aromatic N) is 3. The van der Waals surface area contributed by atoms with Crippen LogP contribution in [-0.2, 0) is 5.41 Å². The summed E-state index contributed by atoms with van der Waals surface area (Å²) in [6, 6.07) is 8.31. The molecule has 0 bridgehead atoms. The zero-order chi connectivity index (χ0) is 20.0. The summed E-state index contributed by atoms with van der Waals surface area (Å²) in [6.45, 7) is 14.0. The lowest BCUT2D eigenvalue weighted by molar-refractivity contribution is 0.0530. The van der Waals surface area contributed by atoms with Crippen molar-refractivity contribution in [3.8, 4) is 5.69 Å². The van der Waals surface area contributed by atoms with Crippen molar-refractivity contribution in [2.24, 2.45) is 11.1 Å². The van der Waals surface area contributed by atoms with Crippen molar-refractivity contribution in [1.29, 1.82) is 0 Å². The zero-order valence-electron chi connectivity index (χ0n) is 17.8. The van der Waals surface area contributed by atoms with Crippen LogP contribution >= 0.6 is 12.4 Å². The summed E-state index contributed by atoms with van der Waals surface area (Å²) in [7, 11) is 0. The largest absolute Gasteiger partial charge is 0.338 e. The maximum absolute atomic E-state index is 13.4. The van der Waals surface area contributed by atoms with Crippen molar-refractivity contribution < 1.29 is 4.79 Å². The Balaban J connectivity index is 0.00000280. The molecule has 5 nitrogen and oxygen atoms in total. The van der Waals surface area contributed by atoms with Gasteiger partial charge in [0.2, 0.25) is 0 Å². The number of amides is 1. The second kappa shape index (κ2) is 7.88. The highest BCUT2D eigenvalue weighted by molar-refractivity contribution is 5.95. The van der Waals surface area contributed by atoms with E-state index in [1.165, 1.54) is 5.56 Å². The van der Waals surface area contributed by atoms with Gasteiger partial charge in [0.05, 0.1) is 16.9 Å². The summed E-state index contributed by atoms with van der Waals surface area (Å²) < 4.78 is 1.83. The highest BCUT2D eigenvalue weighted by atomic mass is 35.5. The highest BCUT2D eigenvalue weighted by Gasteiger charge is 2.37. The second-order valence-electron chi connectivity index (χ2n) is 9.53. The van der Waals surface area contributed by atoms with E-state index in [4.69, 9.17) is 10.8 Å². The number of likely N-dealkylation sites (tertiary alicyclic amines) is 1. The maximum Gasteiger partial charge on any atom is 0.257 e. The Labute approximate surface area is 174 Å². The van der Waals surface area contributed by atoms with E-state index in [0.717, 1.165) is 17.8 Å². The quantitative estimate of drug-likeness (QED) is 0.819. The molecule has 3 rings (SSSR count). The van der Waals surface area contributed by atoms with Gasteiger partial charge in [-0.3, -0.25) is 4.79 Å². The number of halogens is 1. The lowest BCUT2D eigenvalue weighted by Gasteiger charge is -2.42. The number of benzene rings is 1. The fourth-order valence-electron chi connectivity index (χ4n) is 3.63. The van der Waals surface area contributed by atoms with Gasteiger partial charge < -0.3 is 10.6 Å². The van der Waals surface area contributed by atoms with Crippen LogP contribution in [0, 0.1) is 12.3 Å². The number of aryl methyl sites for hydroxylation is 1. The lowest BCUT2D eigenvalue weighted by atomic mass is 9.79. The number of hydrogen-bond acceptors (Lipinski definition) is 3. The molecule has 0 radical (unpaired) electrons. The number of hydrogen-bond donors (Lipinski definition) is 1. The first-order valence-corrected chi connectivity index (χ1v) is 9.71. The third kappa shape index (κ3) is 4.41. The number of rotatable bonds is 2. The first kappa shape index (κ1) is 22.4. The van der Waals surface area contributed by atoms with E-state index in [9.17, 15) is 4.79 Å². The third-order valence-corrected chi connectivity index (χ3v) is 5.55. The summed E-state index contributed by atoms with van der Waals surface area (Å²) in [5, 5.41) is 4.79. The monoisotopic (exact) mass is 404 g/mol. The molecule has 0 spiro atoms. The Morgan fingerprint density at radius 1 is 1.21 bits per heavy atom. The van der Waals surface area contributed by atoms with Crippen LogP contribution < -0.4 is 5.73 Å². The average Bonchev–Trinajstić information content (AvgIpc) is 3.03. The minimum atomic E-state index is -0.220. The van der Waals surface area contributed by atoms with Crippen LogP contribution in [0.5, 0.6) is 0 Å². The molecule has 6 heteroatoms. The van der Waals surface area contributed by atoms with Crippen molar-refractivity contribution >= 4 is 18.3 Å². The van der Waals surface area contributed by atoms with Gasteiger partial charge in [0, 0.05) is 30.7 Å². The van der Waals surface area contributed by atoms with Crippen LogP contribution in [0.15, 0.2) is 30.5 Å². The van der Waals surface area contributed by atoms with Gasteiger partial charge in [0.1, 0.15) is 0 Å². The molecule has 1 fully saturated rings. The van der Waals surface area contributed by atoms with Crippen molar-refractivity contribution in [2.45, 2.75) is 59.4 Å². The molecule has 154 valence electrons. The molecule has 1 aromatic heterocycles. The summed E-state index contributed by atoms with van der Waals surface area (Å²) in [5.74, 6) is 0.0539. The fourth-order valence-corrected chi connectivity index (χ4v) is 3.63. The van der Waals surface area contributed by atoms with Gasteiger partial charge in [-0.05, 0) is 30.9 Å². The summed E-state index contributed by atoms with van der Waals surface area (Å²) in [6.07, 6.45) is 2.71. The number of carbonyl (C=O) groups excluding carboxylic acids is 1. The van der Waals surface area contributed by atoms with Crippen molar-refractivity contribution in [3.05, 3.63) is 47.3 Å². The predicted molar refractivity (Wildman–Crippen MR) is 117 cm³/mol. The molecule has 2 N–H and O–H groups in total. The molecule has 1 amide bonds. The van der Waals surface area contributed by atoms with Gasteiger partial charge in [-0.25, -0.2) is 4.68 Å². The Bertz CT molecular complexity index is 833. The third-order valence-electron chi connectivity index (χ3n) is 5.55. The van der Waals surface area contributed by atoms with E-state index >= 15 is 0 Å². The number of piperidine rings is 1. The van der Waals surface area contributed by atoms with Gasteiger partial charge >= 0.3 is 0 Å². The van der Waals surface area contributed by atoms with Crippen LogP contribution in [0.2, 0.25) is 0 Å². The van der Waals surface area contributed by atoms with E-state index in [2.05, 4.69) is 53.7 Å². The minimum absolute atomic E-state index is 0. The van der Waals surface area contributed by atoms with Gasteiger partial charge in [0.15, 0.2) is 0 Å². The van der Waals surface area contributed by atoms with Gasteiger partial charge in [0.25, 0.3) is 5.91 Å². The normalized spacial score (nSPS) is 19.2. The van der Waals surface area contributed by atoms with E-state index in [0.29, 0.717) is 18.7 Å². The van der Waals surface area contributed by atoms with Crippen molar-refractivity contribution in [1.82, 2.24) is 14.7 Å². The molecule has 2 heterocycles. The molecule has 0 saturated carbocycles. The Morgan fingerprint density at radius 3 is 2.36 bits per heavy atom. The van der Waals surface area contributed by atoms with E-state index in [1.807, 2.05) is 27.9 Å². The smallest absolute Gasteiger partial charge is 0.257 e. The fraction of sp³-hybridized carbons (Fsp3) is 0.545. The molecule has 1 atom stereocenters. The van der Waals surface area contributed by atoms with Crippen LogP contribution in [0.4, 0.5) is 0 Å². The Hall–Kier alpha value is -1.85. The number of carbonyl (C=O) groups is 1. The topological polar surface area (TPSA) is 64.2 Å². The van der Waals surface area contributed by atoms with Crippen LogP contribution in [0.1, 0.15) is 62.7 Å². The van der Waals surface area contributed by atoms with Crippen LogP contribution in [0.3, 0.4) is 0 Å². The van der Waals surface area contributed by atoms with E-state index in [1.54, 1.807) is 0 Å². The predicted octanol–water partition coefficient (Wildman–Crippen LogP) is 4.10. The van der Waals surface area contributed by atoms with Gasteiger partial charge in [-0.1, -0.05) is 52.3 Å². The maximum atomic E-state index is 13.4. The van der Waals surface area contributed by atoms with Gasteiger partial charge in [-0.15, -0.1) is 12.4 Å². The Morgan fingerprint density at radius 2 is 1.82 bits per heavy atom. The molecular formula is C22H33ClN4O. The van der Waals surface area contributed by atoms with Crippen molar-refractivity contribution in [2.75, 3.05) is 13.1 Å². The molecule has 1 aliphatic rings. The van der Waals surface area contributed by atoms with Crippen LogP contribution in [-0.4, -0.2) is 39.7 Å². The first-order chi connectivity index (χ1) is 12.5. The highest BCUT2D eigenvalue weighted by Crippen LogP contribution is 2.31. The number of nitrogens with two attached hydrogens (primary N) is 1. The minimum Gasteiger partial charge on any atom is -0.338 e. The van der Waals surface area contributed by atoms with E-state index in [-0.39, 0.29) is 35.2 Å².